The Morgan fingerprint density at radius 2 is 1.89 bits per heavy atom. The van der Waals surface area contributed by atoms with E-state index in [9.17, 15) is 17.6 Å². The number of sulfone groups is 1. The minimum Gasteiger partial charge on any atom is -0.474 e. The summed E-state index contributed by atoms with van der Waals surface area (Å²) >= 11 is 0. The quantitative estimate of drug-likeness (QED) is 0.585. The molecule has 1 saturated heterocycles. The van der Waals surface area contributed by atoms with Gasteiger partial charge in [-0.15, -0.1) is 0 Å². The summed E-state index contributed by atoms with van der Waals surface area (Å²) in [5, 5.41) is 0. The Kier molecular flexibility index (Phi) is 7.16. The van der Waals surface area contributed by atoms with Crippen molar-refractivity contribution in [3.63, 3.8) is 0 Å². The summed E-state index contributed by atoms with van der Waals surface area (Å²) in [5.74, 6) is 0.583. The molecule has 0 radical (unpaired) electrons. The first-order chi connectivity index (χ1) is 16.6. The molecule has 3 heterocycles. The predicted octanol–water partition coefficient (Wildman–Crippen LogP) is 3.69. The predicted molar refractivity (Wildman–Crippen MR) is 129 cm³/mol. The second kappa shape index (κ2) is 9.96. The first kappa shape index (κ1) is 25.2. The van der Waals surface area contributed by atoms with Crippen LogP contribution in [0.3, 0.4) is 0 Å². The molecule has 0 spiro atoms. The number of alkyl halides is 1. The lowest BCUT2D eigenvalue weighted by atomic mass is 10.1. The number of amides is 1. The number of hydrogen-bond donors (Lipinski definition) is 0. The summed E-state index contributed by atoms with van der Waals surface area (Å²) in [6.45, 7) is 6.36. The zero-order valence-electron chi connectivity index (χ0n) is 20.2. The maximum absolute atomic E-state index is 12.6. The van der Waals surface area contributed by atoms with Gasteiger partial charge in [0, 0.05) is 44.2 Å². The lowest BCUT2D eigenvalue weighted by Gasteiger charge is -2.33. The van der Waals surface area contributed by atoms with Crippen LogP contribution in [0.5, 0.6) is 5.88 Å². The summed E-state index contributed by atoms with van der Waals surface area (Å²) in [7, 11) is -3.63. The maximum Gasteiger partial charge on any atom is 0.410 e. The molecule has 2 aliphatic rings. The number of nitrogens with zero attached hydrogens (tertiary/aromatic N) is 4. The summed E-state index contributed by atoms with van der Waals surface area (Å²) in [6, 6.07) is 6.64. The third-order valence-corrected chi connectivity index (χ3v) is 7.60. The third kappa shape index (κ3) is 6.01. The van der Waals surface area contributed by atoms with E-state index in [4.69, 9.17) is 9.47 Å². The number of rotatable bonds is 6. The molecule has 11 heteroatoms. The lowest BCUT2D eigenvalue weighted by molar-refractivity contribution is 0.0123. The van der Waals surface area contributed by atoms with E-state index in [-0.39, 0.29) is 17.1 Å². The molecule has 0 N–H and O–H groups in total. The average Bonchev–Trinajstić information content (AvgIpc) is 3.22. The van der Waals surface area contributed by atoms with Crippen molar-refractivity contribution in [1.29, 1.82) is 0 Å². The van der Waals surface area contributed by atoms with Gasteiger partial charge in [0.1, 0.15) is 30.5 Å². The molecule has 0 aliphatic carbocycles. The van der Waals surface area contributed by atoms with E-state index >= 15 is 0 Å². The minimum atomic E-state index is -3.63. The van der Waals surface area contributed by atoms with Gasteiger partial charge in [0.2, 0.25) is 5.88 Å². The molecule has 1 amide bonds. The maximum atomic E-state index is 12.6. The molecule has 1 aromatic carbocycles. The number of carbonyl (C=O) groups excluding carboxylic acids is 1. The number of ether oxygens (including phenoxy) is 2. The third-order valence-electron chi connectivity index (χ3n) is 5.94. The van der Waals surface area contributed by atoms with Crippen LogP contribution in [0.4, 0.5) is 20.7 Å². The van der Waals surface area contributed by atoms with Crippen LogP contribution in [-0.2, 0) is 21.0 Å². The highest BCUT2D eigenvalue weighted by molar-refractivity contribution is 7.91. The molecule has 1 aromatic heterocycles. The van der Waals surface area contributed by atoms with Crippen molar-refractivity contribution in [3.05, 3.63) is 36.2 Å². The van der Waals surface area contributed by atoms with Crippen LogP contribution in [0.2, 0.25) is 0 Å². The van der Waals surface area contributed by atoms with Crippen LogP contribution in [0.15, 0.2) is 35.5 Å². The largest absolute Gasteiger partial charge is 0.474 e. The van der Waals surface area contributed by atoms with E-state index in [1.807, 2.05) is 25.7 Å². The molecule has 1 fully saturated rings. The lowest BCUT2D eigenvalue weighted by Crippen LogP contribution is -2.44. The molecule has 4 rings (SSSR count). The Balaban J connectivity index is 1.40. The Hall–Kier alpha value is -2.95. The second-order valence-electron chi connectivity index (χ2n) is 9.70. The monoisotopic (exact) mass is 506 g/mol. The Labute approximate surface area is 205 Å². The zero-order chi connectivity index (χ0) is 25.2. The van der Waals surface area contributed by atoms with Crippen LogP contribution in [-0.4, -0.2) is 73.1 Å². The Morgan fingerprint density at radius 3 is 2.57 bits per heavy atom. The van der Waals surface area contributed by atoms with Gasteiger partial charge in [-0.25, -0.2) is 27.6 Å². The molecule has 35 heavy (non-hydrogen) atoms. The second-order valence-corrected chi connectivity index (χ2v) is 11.8. The highest BCUT2D eigenvalue weighted by Gasteiger charge is 2.29. The molecule has 0 bridgehead atoms. The van der Waals surface area contributed by atoms with E-state index in [2.05, 4.69) is 9.97 Å². The van der Waals surface area contributed by atoms with Gasteiger partial charge in [-0.2, -0.15) is 0 Å². The number of benzene rings is 1. The Morgan fingerprint density at radius 1 is 1.14 bits per heavy atom. The van der Waals surface area contributed by atoms with E-state index < -0.39 is 27.9 Å². The smallest absolute Gasteiger partial charge is 0.410 e. The van der Waals surface area contributed by atoms with Gasteiger partial charge in [-0.3, -0.25) is 0 Å². The van der Waals surface area contributed by atoms with Crippen LogP contribution < -0.4 is 9.64 Å². The molecule has 2 aliphatic heterocycles. The number of hydrogen-bond acceptors (Lipinski definition) is 8. The molecular formula is C24H31FN4O5S. The van der Waals surface area contributed by atoms with Crippen molar-refractivity contribution < 1.29 is 27.1 Å². The standard InChI is InChI=1S/C24H31FN4O5S/c1-24(2,3)34-23(30)28-10-7-18(8-11-28)33-22-15-21(26-16-27-22)29-12-6-17-14-19(4-5-20(17)29)35(31,32)13-9-25/h4-5,14-16,18H,6-13H2,1-3H3. The van der Waals surface area contributed by atoms with E-state index in [1.165, 1.54) is 12.4 Å². The van der Waals surface area contributed by atoms with Crippen molar-refractivity contribution in [1.82, 2.24) is 14.9 Å². The number of anilines is 2. The summed E-state index contributed by atoms with van der Waals surface area (Å²) in [4.78, 5) is 24.7. The van der Waals surface area contributed by atoms with Gasteiger partial charge >= 0.3 is 6.09 Å². The summed E-state index contributed by atoms with van der Waals surface area (Å²) in [6.07, 6.45) is 3.04. The van der Waals surface area contributed by atoms with Gasteiger partial charge in [-0.05, 0) is 51.0 Å². The Bertz CT molecular complexity index is 1180. The summed E-state index contributed by atoms with van der Waals surface area (Å²) in [5.41, 5.74) is 1.21. The van der Waals surface area contributed by atoms with Gasteiger partial charge < -0.3 is 19.3 Å². The summed E-state index contributed by atoms with van der Waals surface area (Å²) < 4.78 is 48.6. The van der Waals surface area contributed by atoms with E-state index in [0.717, 1.165) is 11.3 Å². The minimum absolute atomic E-state index is 0.0782. The SMILES string of the molecule is CC(C)(C)OC(=O)N1CCC(Oc2cc(N3CCc4cc(S(=O)(=O)CCF)ccc43)ncn2)CC1. The molecule has 0 unspecified atom stereocenters. The molecule has 0 atom stereocenters. The molecule has 2 aromatic rings. The van der Waals surface area contributed by atoms with Crippen molar-refractivity contribution >= 4 is 27.4 Å². The molecule has 9 nitrogen and oxygen atoms in total. The first-order valence-electron chi connectivity index (χ1n) is 11.7. The normalized spacial score (nSPS) is 16.8. The highest BCUT2D eigenvalue weighted by Crippen LogP contribution is 2.36. The van der Waals surface area contributed by atoms with Gasteiger partial charge in [-0.1, -0.05) is 0 Å². The van der Waals surface area contributed by atoms with Crippen LogP contribution in [0.25, 0.3) is 0 Å². The zero-order valence-corrected chi connectivity index (χ0v) is 21.1. The van der Waals surface area contributed by atoms with Gasteiger partial charge in [0.05, 0.1) is 10.6 Å². The van der Waals surface area contributed by atoms with Crippen molar-refractivity contribution in [2.45, 2.75) is 56.6 Å². The van der Waals surface area contributed by atoms with E-state index in [1.54, 1.807) is 23.1 Å². The molecule has 190 valence electrons. The van der Waals surface area contributed by atoms with Gasteiger partial charge in [0.25, 0.3) is 0 Å². The van der Waals surface area contributed by atoms with Crippen LogP contribution in [0.1, 0.15) is 39.2 Å². The average molecular weight is 507 g/mol. The molecule has 0 saturated carbocycles. The molecular weight excluding hydrogens is 475 g/mol. The fourth-order valence-electron chi connectivity index (χ4n) is 4.22. The fraction of sp³-hybridized carbons (Fsp3) is 0.542. The van der Waals surface area contributed by atoms with Crippen molar-refractivity contribution in [2.24, 2.45) is 0 Å². The number of halogens is 1. The van der Waals surface area contributed by atoms with Gasteiger partial charge in [0.15, 0.2) is 9.84 Å². The number of piperidine rings is 1. The highest BCUT2D eigenvalue weighted by atomic mass is 32.2. The number of likely N-dealkylation sites (tertiary alicyclic amines) is 1. The van der Waals surface area contributed by atoms with Crippen molar-refractivity contribution in [2.75, 3.05) is 37.0 Å². The number of fused-ring (bicyclic) bond motifs is 1. The van der Waals surface area contributed by atoms with Crippen molar-refractivity contribution in [3.8, 4) is 5.88 Å². The topological polar surface area (TPSA) is 102 Å². The van der Waals surface area contributed by atoms with E-state index in [0.29, 0.717) is 50.6 Å². The number of aromatic nitrogens is 2. The van der Waals surface area contributed by atoms with Crippen LogP contribution in [0, 0.1) is 0 Å². The van der Waals surface area contributed by atoms with Crippen LogP contribution >= 0.6 is 0 Å². The first-order valence-corrected chi connectivity index (χ1v) is 13.4. The number of carbonyl (C=O) groups is 1. The fourth-order valence-corrected chi connectivity index (χ4v) is 5.26.